The Kier molecular flexibility index (Phi) is 7.06. The van der Waals surface area contributed by atoms with Gasteiger partial charge >= 0.3 is 0 Å². The number of fused-ring (bicyclic) bond motifs is 3. The number of likely N-dealkylation sites (N-methyl/N-ethyl adjacent to an activating group) is 1. The summed E-state index contributed by atoms with van der Waals surface area (Å²) in [5.74, 6) is 0.857. The van der Waals surface area contributed by atoms with E-state index in [1.165, 1.54) is 0 Å². The predicted octanol–water partition coefficient (Wildman–Crippen LogP) is 1.21. The number of aliphatic hydroxyl groups excluding tert-OH is 1. The van der Waals surface area contributed by atoms with E-state index in [4.69, 9.17) is 14.2 Å². The van der Waals surface area contributed by atoms with Crippen LogP contribution in [0.15, 0.2) is 18.2 Å². The number of piperazine rings is 1. The van der Waals surface area contributed by atoms with Crippen molar-refractivity contribution in [3.63, 3.8) is 0 Å². The molecule has 0 bridgehead atoms. The number of amides is 2. The summed E-state index contributed by atoms with van der Waals surface area (Å²) in [6.07, 6.45) is 1.37. The molecule has 186 valence electrons. The Morgan fingerprint density at radius 2 is 1.91 bits per heavy atom. The molecule has 34 heavy (non-hydrogen) atoms. The van der Waals surface area contributed by atoms with Crippen LogP contribution >= 0.6 is 0 Å². The highest BCUT2D eigenvalue weighted by Gasteiger charge is 2.46. The van der Waals surface area contributed by atoms with E-state index in [1.807, 2.05) is 23.1 Å². The number of rotatable bonds is 5. The Bertz CT molecular complexity index is 897. The summed E-state index contributed by atoms with van der Waals surface area (Å²) < 4.78 is 17.6. The Labute approximate surface area is 200 Å². The second-order valence-corrected chi connectivity index (χ2v) is 9.92. The largest absolute Gasteiger partial charge is 0.487 e. The third-order valence-electron chi connectivity index (χ3n) is 7.62. The number of carbonyl (C=O) groups is 2. The van der Waals surface area contributed by atoms with E-state index in [0.717, 1.165) is 56.0 Å². The van der Waals surface area contributed by atoms with Gasteiger partial charge in [-0.25, -0.2) is 0 Å². The first-order chi connectivity index (χ1) is 16.5. The maximum atomic E-state index is 12.9. The lowest BCUT2D eigenvalue weighted by Crippen LogP contribution is -2.50. The van der Waals surface area contributed by atoms with Gasteiger partial charge < -0.3 is 34.4 Å². The lowest BCUT2D eigenvalue weighted by Gasteiger charge is -2.38. The van der Waals surface area contributed by atoms with E-state index in [9.17, 15) is 14.7 Å². The molecule has 3 fully saturated rings. The minimum atomic E-state index is -0.489. The molecule has 4 aliphatic rings. The molecule has 4 atom stereocenters. The Hall–Kier alpha value is -2.20. The van der Waals surface area contributed by atoms with Gasteiger partial charge in [0, 0.05) is 62.5 Å². The van der Waals surface area contributed by atoms with Crippen molar-refractivity contribution in [2.45, 2.75) is 49.9 Å². The van der Waals surface area contributed by atoms with Crippen molar-refractivity contribution in [3.05, 3.63) is 23.8 Å². The maximum Gasteiger partial charge on any atom is 0.227 e. The zero-order valence-corrected chi connectivity index (χ0v) is 19.8. The molecule has 0 radical (unpaired) electrons. The molecule has 4 heterocycles. The quantitative estimate of drug-likeness (QED) is 0.663. The molecule has 0 aromatic heterocycles. The topological polar surface area (TPSA) is 101 Å². The van der Waals surface area contributed by atoms with Gasteiger partial charge in [0.05, 0.1) is 19.1 Å². The maximum absolute atomic E-state index is 12.9. The van der Waals surface area contributed by atoms with Crippen LogP contribution in [0.1, 0.15) is 37.2 Å². The zero-order valence-electron chi connectivity index (χ0n) is 19.8. The summed E-state index contributed by atoms with van der Waals surface area (Å²) in [4.78, 5) is 29.7. The van der Waals surface area contributed by atoms with Crippen molar-refractivity contribution in [2.75, 3.05) is 58.4 Å². The van der Waals surface area contributed by atoms with E-state index in [2.05, 4.69) is 17.3 Å². The Balaban J connectivity index is 1.27. The second-order valence-electron chi connectivity index (χ2n) is 9.92. The summed E-state index contributed by atoms with van der Waals surface area (Å²) >= 11 is 0. The molecule has 9 nitrogen and oxygen atoms in total. The molecule has 4 aliphatic heterocycles. The lowest BCUT2D eigenvalue weighted by molar-refractivity contribution is -0.150. The third-order valence-corrected chi connectivity index (χ3v) is 7.62. The van der Waals surface area contributed by atoms with E-state index in [0.29, 0.717) is 26.1 Å². The Morgan fingerprint density at radius 3 is 2.65 bits per heavy atom. The first-order valence-corrected chi connectivity index (χ1v) is 12.4. The van der Waals surface area contributed by atoms with Gasteiger partial charge in [-0.15, -0.1) is 0 Å². The zero-order chi connectivity index (χ0) is 23.7. The van der Waals surface area contributed by atoms with E-state index < -0.39 is 6.10 Å². The van der Waals surface area contributed by atoms with Crippen molar-refractivity contribution in [2.24, 2.45) is 5.92 Å². The van der Waals surface area contributed by atoms with Gasteiger partial charge in [0.1, 0.15) is 18.0 Å². The SMILES string of the molecule is CN1CCN(C(=O)C[C@H]2C[C@@H]3c4cc(NC(=O)C5CCOCC5)ccc4O[C@@H]3[C@H](CO)O2)CC1. The van der Waals surface area contributed by atoms with Crippen LogP contribution in [0.25, 0.3) is 0 Å². The molecular weight excluding hydrogens is 438 g/mol. The van der Waals surface area contributed by atoms with E-state index in [-0.39, 0.29) is 42.5 Å². The van der Waals surface area contributed by atoms with Crippen LogP contribution in [-0.4, -0.2) is 98.1 Å². The average Bonchev–Trinajstić information content (AvgIpc) is 3.22. The van der Waals surface area contributed by atoms with Gasteiger partial charge in [0.15, 0.2) is 0 Å². The van der Waals surface area contributed by atoms with Gasteiger partial charge in [0.2, 0.25) is 11.8 Å². The number of anilines is 1. The molecule has 3 saturated heterocycles. The fraction of sp³-hybridized carbons (Fsp3) is 0.680. The van der Waals surface area contributed by atoms with E-state index in [1.54, 1.807) is 0 Å². The van der Waals surface area contributed by atoms with Crippen LogP contribution in [0, 0.1) is 5.92 Å². The summed E-state index contributed by atoms with van der Waals surface area (Å²) in [5.41, 5.74) is 1.75. The van der Waals surface area contributed by atoms with Crippen LogP contribution in [0.2, 0.25) is 0 Å². The molecule has 0 aliphatic carbocycles. The number of carbonyl (C=O) groups excluding carboxylic acids is 2. The van der Waals surface area contributed by atoms with Gasteiger partial charge in [0.25, 0.3) is 0 Å². The van der Waals surface area contributed by atoms with Gasteiger partial charge in [-0.2, -0.15) is 0 Å². The van der Waals surface area contributed by atoms with Crippen LogP contribution in [-0.2, 0) is 19.1 Å². The fourth-order valence-corrected chi connectivity index (χ4v) is 5.55. The summed E-state index contributed by atoms with van der Waals surface area (Å²) in [6, 6.07) is 5.72. The van der Waals surface area contributed by atoms with Crippen molar-refractivity contribution < 1.29 is 28.9 Å². The number of hydrogen-bond acceptors (Lipinski definition) is 7. The molecule has 9 heteroatoms. The number of nitrogens with zero attached hydrogens (tertiary/aromatic N) is 2. The predicted molar refractivity (Wildman–Crippen MR) is 125 cm³/mol. The number of aliphatic hydroxyl groups is 1. The van der Waals surface area contributed by atoms with Crippen molar-refractivity contribution in [3.8, 4) is 5.75 Å². The smallest absolute Gasteiger partial charge is 0.227 e. The number of nitrogens with one attached hydrogen (secondary N) is 1. The molecular formula is C25H35N3O6. The second kappa shape index (κ2) is 10.2. The molecule has 5 rings (SSSR count). The summed E-state index contributed by atoms with van der Waals surface area (Å²) in [7, 11) is 2.07. The van der Waals surface area contributed by atoms with E-state index >= 15 is 0 Å². The average molecular weight is 474 g/mol. The summed E-state index contributed by atoms with van der Waals surface area (Å²) in [6.45, 7) is 4.31. The number of hydrogen-bond donors (Lipinski definition) is 2. The first kappa shape index (κ1) is 23.5. The molecule has 2 amide bonds. The molecule has 0 unspecified atom stereocenters. The third kappa shape index (κ3) is 4.93. The molecule has 2 N–H and O–H groups in total. The molecule has 1 aromatic rings. The van der Waals surface area contributed by atoms with Crippen molar-refractivity contribution in [1.29, 1.82) is 0 Å². The molecule has 1 aromatic carbocycles. The number of benzene rings is 1. The summed E-state index contributed by atoms with van der Waals surface area (Å²) in [5, 5.41) is 13.0. The van der Waals surface area contributed by atoms with Crippen LogP contribution in [0.4, 0.5) is 5.69 Å². The standard InChI is InChI=1S/C25H35N3O6/c1-27-6-8-28(9-7-27)23(30)14-18-13-20-19-12-17(26-25(31)16-4-10-32-11-5-16)2-3-21(19)34-24(20)22(15-29)33-18/h2-3,12,16,18,20,22,24,29H,4-11,13-15H2,1H3,(H,26,31)/t18-,20-,22+,24+/m1/s1. The molecule has 0 spiro atoms. The monoisotopic (exact) mass is 473 g/mol. The highest BCUT2D eigenvalue weighted by atomic mass is 16.6. The van der Waals surface area contributed by atoms with Crippen LogP contribution in [0.5, 0.6) is 5.75 Å². The minimum absolute atomic E-state index is 0.00567. The fourth-order valence-electron chi connectivity index (χ4n) is 5.55. The van der Waals surface area contributed by atoms with Gasteiger partial charge in [-0.3, -0.25) is 9.59 Å². The van der Waals surface area contributed by atoms with Gasteiger partial charge in [-0.05, 0) is 44.5 Å². The first-order valence-electron chi connectivity index (χ1n) is 12.4. The van der Waals surface area contributed by atoms with Crippen LogP contribution in [0.3, 0.4) is 0 Å². The van der Waals surface area contributed by atoms with Gasteiger partial charge in [-0.1, -0.05) is 0 Å². The normalized spacial score (nSPS) is 29.8. The van der Waals surface area contributed by atoms with Crippen LogP contribution < -0.4 is 10.1 Å². The highest BCUT2D eigenvalue weighted by Crippen LogP contribution is 2.47. The van der Waals surface area contributed by atoms with Crippen molar-refractivity contribution in [1.82, 2.24) is 9.80 Å². The minimum Gasteiger partial charge on any atom is -0.487 e. The molecule has 0 saturated carbocycles. The lowest BCUT2D eigenvalue weighted by atomic mass is 9.84. The number of ether oxygens (including phenoxy) is 3. The Morgan fingerprint density at radius 1 is 1.15 bits per heavy atom. The van der Waals surface area contributed by atoms with Crippen molar-refractivity contribution >= 4 is 17.5 Å². The highest BCUT2D eigenvalue weighted by molar-refractivity contribution is 5.92.